The van der Waals surface area contributed by atoms with Gasteiger partial charge in [-0.2, -0.15) is 0 Å². The molecule has 0 unspecified atom stereocenters. The van der Waals surface area contributed by atoms with Crippen LogP contribution >= 0.6 is 0 Å². The monoisotopic (exact) mass is 472 g/mol. The summed E-state index contributed by atoms with van der Waals surface area (Å²) in [5, 5.41) is 2.69. The second kappa shape index (κ2) is 10.4. The molecular weight excluding hydrogens is 450 g/mol. The van der Waals surface area contributed by atoms with E-state index in [0.717, 1.165) is 28.8 Å². The number of sulfonamides is 1. The lowest BCUT2D eigenvalue weighted by Crippen LogP contribution is -2.31. The Balaban J connectivity index is 1.67. The molecule has 0 aliphatic rings. The Labute approximate surface area is 190 Å². The molecule has 3 aromatic rings. The van der Waals surface area contributed by atoms with E-state index in [2.05, 4.69) is 5.32 Å². The number of anilines is 2. The van der Waals surface area contributed by atoms with Crippen molar-refractivity contribution >= 4 is 33.1 Å². The van der Waals surface area contributed by atoms with Gasteiger partial charge in [0.15, 0.2) is 17.4 Å². The van der Waals surface area contributed by atoms with Crippen LogP contribution in [0.15, 0.2) is 72.8 Å². The molecule has 6 nitrogen and oxygen atoms in total. The molecule has 0 bridgehead atoms. The minimum atomic E-state index is -3.79. The Morgan fingerprint density at radius 3 is 2.24 bits per heavy atom. The van der Waals surface area contributed by atoms with Crippen molar-refractivity contribution in [1.29, 1.82) is 0 Å². The summed E-state index contributed by atoms with van der Waals surface area (Å²) in [7, 11) is -3.79. The average Bonchev–Trinajstić information content (AvgIpc) is 2.78. The van der Waals surface area contributed by atoms with E-state index in [4.69, 9.17) is 0 Å². The number of hydrogen-bond acceptors (Lipinski definition) is 4. The zero-order valence-corrected chi connectivity index (χ0v) is 18.6. The molecule has 33 heavy (non-hydrogen) atoms. The number of nitrogens with zero attached hydrogens (tertiary/aromatic N) is 1. The number of nitrogens with one attached hydrogen (secondary N) is 1. The van der Waals surface area contributed by atoms with Crippen molar-refractivity contribution in [3.63, 3.8) is 0 Å². The third-order valence-electron chi connectivity index (χ3n) is 4.84. The van der Waals surface area contributed by atoms with E-state index in [1.54, 1.807) is 54.6 Å². The van der Waals surface area contributed by atoms with Gasteiger partial charge >= 0.3 is 0 Å². The number of halogens is 2. The van der Waals surface area contributed by atoms with Crippen LogP contribution in [0.25, 0.3) is 0 Å². The van der Waals surface area contributed by atoms with Crippen LogP contribution in [-0.2, 0) is 14.8 Å². The molecule has 0 aromatic heterocycles. The van der Waals surface area contributed by atoms with Crippen LogP contribution in [0.4, 0.5) is 20.2 Å². The molecule has 0 aliphatic carbocycles. The Morgan fingerprint density at radius 1 is 0.909 bits per heavy atom. The maximum absolute atomic E-state index is 13.6. The minimum Gasteiger partial charge on any atom is -0.325 e. The molecule has 172 valence electrons. The van der Waals surface area contributed by atoms with Gasteiger partial charge in [-0.25, -0.2) is 17.2 Å². The number of amides is 1. The molecule has 0 saturated heterocycles. The van der Waals surface area contributed by atoms with Crippen LogP contribution in [-0.4, -0.2) is 32.9 Å². The third-order valence-corrected chi connectivity index (χ3v) is 6.03. The van der Waals surface area contributed by atoms with Crippen molar-refractivity contribution < 1.29 is 26.8 Å². The molecule has 3 aromatic carbocycles. The van der Waals surface area contributed by atoms with Crippen molar-refractivity contribution in [2.45, 2.75) is 12.8 Å². The standard InChI is InChI=1S/C24H22F2N2O4S/c1-33(31,32)28(18-13-14-20(25)21(26)16-18)15-7-12-23(29)27-22-11-6-5-10-19(22)24(30)17-8-3-2-4-9-17/h2-6,8-11,13-14,16H,7,12,15H2,1H3,(H,27,29). The van der Waals surface area contributed by atoms with Crippen LogP contribution in [0.1, 0.15) is 28.8 Å². The second-order valence-electron chi connectivity index (χ2n) is 7.33. The lowest BCUT2D eigenvalue weighted by Gasteiger charge is -2.22. The Morgan fingerprint density at radius 2 is 1.58 bits per heavy atom. The smallest absolute Gasteiger partial charge is 0.232 e. The number of para-hydroxylation sites is 1. The summed E-state index contributed by atoms with van der Waals surface area (Å²) in [6.07, 6.45) is 1.01. The van der Waals surface area contributed by atoms with Crippen molar-refractivity contribution in [2.75, 3.05) is 22.4 Å². The van der Waals surface area contributed by atoms with Gasteiger partial charge in [-0.15, -0.1) is 0 Å². The lowest BCUT2D eigenvalue weighted by molar-refractivity contribution is -0.116. The van der Waals surface area contributed by atoms with Crippen LogP contribution in [0.3, 0.4) is 0 Å². The van der Waals surface area contributed by atoms with Crippen LogP contribution < -0.4 is 9.62 Å². The average molecular weight is 473 g/mol. The molecule has 0 fully saturated rings. The fourth-order valence-electron chi connectivity index (χ4n) is 3.26. The summed E-state index contributed by atoms with van der Waals surface area (Å²) in [4.78, 5) is 25.3. The molecule has 9 heteroatoms. The number of hydrogen-bond donors (Lipinski definition) is 1. The Hall–Kier alpha value is -3.59. The zero-order chi connectivity index (χ0) is 24.0. The molecule has 1 N–H and O–H groups in total. The summed E-state index contributed by atoms with van der Waals surface area (Å²) >= 11 is 0. The normalized spacial score (nSPS) is 11.1. The van der Waals surface area contributed by atoms with E-state index in [-0.39, 0.29) is 30.9 Å². The van der Waals surface area contributed by atoms with Gasteiger partial charge in [-0.1, -0.05) is 42.5 Å². The third kappa shape index (κ3) is 6.23. The molecule has 0 aliphatic heterocycles. The van der Waals surface area contributed by atoms with E-state index < -0.39 is 27.6 Å². The van der Waals surface area contributed by atoms with Crippen molar-refractivity contribution in [3.05, 3.63) is 95.6 Å². The first kappa shape index (κ1) is 24.1. The lowest BCUT2D eigenvalue weighted by atomic mass is 10.0. The molecule has 0 saturated carbocycles. The second-order valence-corrected chi connectivity index (χ2v) is 9.23. The fraction of sp³-hybridized carbons (Fsp3) is 0.167. The van der Waals surface area contributed by atoms with Gasteiger partial charge in [0.25, 0.3) is 0 Å². The van der Waals surface area contributed by atoms with Crippen LogP contribution in [0.2, 0.25) is 0 Å². The number of rotatable bonds is 9. The molecule has 3 rings (SSSR count). The van der Waals surface area contributed by atoms with Crippen LogP contribution in [0, 0.1) is 11.6 Å². The molecule has 0 heterocycles. The number of ketones is 1. The van der Waals surface area contributed by atoms with Crippen LogP contribution in [0.5, 0.6) is 0 Å². The SMILES string of the molecule is CS(=O)(=O)N(CCCC(=O)Nc1ccccc1C(=O)c1ccccc1)c1ccc(F)c(F)c1. The predicted octanol–water partition coefficient (Wildman–Crippen LogP) is 4.38. The van der Waals surface area contributed by atoms with E-state index in [9.17, 15) is 26.8 Å². The van der Waals surface area contributed by atoms with Crippen molar-refractivity contribution in [2.24, 2.45) is 0 Å². The summed E-state index contributed by atoms with van der Waals surface area (Å²) in [6.45, 7) is -0.109. The minimum absolute atomic E-state index is 0.0318. The summed E-state index contributed by atoms with van der Waals surface area (Å²) in [5.41, 5.74) is 1.12. The van der Waals surface area contributed by atoms with Gasteiger partial charge < -0.3 is 5.32 Å². The number of carbonyl (C=O) groups excluding carboxylic acids is 2. The summed E-state index contributed by atoms with van der Waals surface area (Å²) in [5.74, 6) is -2.91. The zero-order valence-electron chi connectivity index (χ0n) is 17.8. The highest BCUT2D eigenvalue weighted by molar-refractivity contribution is 7.92. The predicted molar refractivity (Wildman–Crippen MR) is 123 cm³/mol. The van der Waals surface area contributed by atoms with Gasteiger partial charge in [0, 0.05) is 30.2 Å². The maximum atomic E-state index is 13.6. The number of carbonyl (C=O) groups is 2. The topological polar surface area (TPSA) is 83.6 Å². The van der Waals surface area contributed by atoms with E-state index in [1.165, 1.54) is 0 Å². The maximum Gasteiger partial charge on any atom is 0.232 e. The summed E-state index contributed by atoms with van der Waals surface area (Å²) < 4.78 is 51.9. The van der Waals surface area contributed by atoms with E-state index in [0.29, 0.717) is 16.8 Å². The Bertz CT molecular complexity index is 1260. The van der Waals surface area contributed by atoms with Gasteiger partial charge in [0.05, 0.1) is 17.6 Å². The molecule has 0 radical (unpaired) electrons. The van der Waals surface area contributed by atoms with Gasteiger partial charge in [-0.3, -0.25) is 13.9 Å². The van der Waals surface area contributed by atoms with Gasteiger partial charge in [0.1, 0.15) is 0 Å². The fourth-order valence-corrected chi connectivity index (χ4v) is 4.21. The first-order valence-electron chi connectivity index (χ1n) is 10.1. The van der Waals surface area contributed by atoms with Gasteiger partial charge in [-0.05, 0) is 30.7 Å². The summed E-state index contributed by atoms with van der Waals surface area (Å²) in [6, 6.07) is 18.0. The first-order chi connectivity index (χ1) is 15.7. The van der Waals surface area contributed by atoms with Crippen molar-refractivity contribution in [3.8, 4) is 0 Å². The molecule has 0 atom stereocenters. The highest BCUT2D eigenvalue weighted by Crippen LogP contribution is 2.22. The Kier molecular flexibility index (Phi) is 7.55. The van der Waals surface area contributed by atoms with Crippen molar-refractivity contribution in [1.82, 2.24) is 0 Å². The highest BCUT2D eigenvalue weighted by Gasteiger charge is 2.20. The molecule has 0 spiro atoms. The molecular formula is C24H22F2N2O4S. The quantitative estimate of drug-likeness (QED) is 0.469. The first-order valence-corrected chi connectivity index (χ1v) is 11.9. The molecule has 1 amide bonds. The number of benzene rings is 3. The van der Waals surface area contributed by atoms with E-state index in [1.807, 2.05) is 0 Å². The van der Waals surface area contributed by atoms with Gasteiger partial charge in [0.2, 0.25) is 15.9 Å². The van der Waals surface area contributed by atoms with E-state index >= 15 is 0 Å². The highest BCUT2D eigenvalue weighted by atomic mass is 32.2. The largest absolute Gasteiger partial charge is 0.325 e.